The quantitative estimate of drug-likeness (QED) is 0.715. The largest absolute Gasteiger partial charge is 0.530 e. The number of carboxylic acid groups (broad SMARTS) is 1. The molecule has 142 valence electrons. The first-order valence-electron chi connectivity index (χ1n) is 9.11. The number of likely N-dealkylation sites (tertiary alicyclic amines) is 1. The minimum absolute atomic E-state index is 0.170. The SMILES string of the molecule is O=C([O-])N(CC1C2CCC1N(Cc1ccccc1)C2)c1cc(Cl)nc(Cl)c1. The van der Waals surface area contributed by atoms with Gasteiger partial charge < -0.3 is 14.8 Å². The van der Waals surface area contributed by atoms with Crippen molar-refractivity contribution in [3.63, 3.8) is 0 Å². The molecule has 3 unspecified atom stereocenters. The van der Waals surface area contributed by atoms with Crippen molar-refractivity contribution in [3.05, 3.63) is 58.3 Å². The van der Waals surface area contributed by atoms with E-state index in [1.807, 2.05) is 6.07 Å². The predicted molar refractivity (Wildman–Crippen MR) is 104 cm³/mol. The normalized spacial score (nSPS) is 24.3. The monoisotopic (exact) mass is 404 g/mol. The predicted octanol–water partition coefficient (Wildman–Crippen LogP) is 3.45. The molecule has 0 N–H and O–H groups in total. The number of aromatic nitrogens is 1. The topological polar surface area (TPSA) is 59.5 Å². The number of piperidine rings is 1. The molecule has 1 aliphatic carbocycles. The van der Waals surface area contributed by atoms with Gasteiger partial charge in [0.2, 0.25) is 0 Å². The number of carbonyl (C=O) groups is 1. The number of fused-ring (bicyclic) bond motifs is 2. The van der Waals surface area contributed by atoms with E-state index in [4.69, 9.17) is 23.2 Å². The Kier molecular flexibility index (Phi) is 5.26. The van der Waals surface area contributed by atoms with E-state index in [0.717, 1.165) is 25.9 Å². The van der Waals surface area contributed by atoms with E-state index in [0.29, 0.717) is 24.2 Å². The van der Waals surface area contributed by atoms with Crippen LogP contribution in [-0.2, 0) is 6.54 Å². The van der Waals surface area contributed by atoms with Crippen molar-refractivity contribution in [1.29, 1.82) is 0 Å². The van der Waals surface area contributed by atoms with E-state index in [1.165, 1.54) is 22.6 Å². The van der Waals surface area contributed by atoms with Gasteiger partial charge >= 0.3 is 0 Å². The molecule has 3 atom stereocenters. The highest BCUT2D eigenvalue weighted by Crippen LogP contribution is 2.44. The molecule has 4 rings (SSSR count). The summed E-state index contributed by atoms with van der Waals surface area (Å²) in [7, 11) is 0. The number of carbonyl (C=O) groups excluding carboxylic acids is 1. The number of amides is 1. The second-order valence-electron chi connectivity index (χ2n) is 7.33. The fourth-order valence-electron chi connectivity index (χ4n) is 4.62. The lowest BCUT2D eigenvalue weighted by Gasteiger charge is -2.31. The Morgan fingerprint density at radius 2 is 1.89 bits per heavy atom. The first kappa shape index (κ1) is 18.5. The summed E-state index contributed by atoms with van der Waals surface area (Å²) in [5, 5.41) is 12.2. The number of hydrogen-bond donors (Lipinski definition) is 0. The molecule has 2 bridgehead atoms. The summed E-state index contributed by atoms with van der Waals surface area (Å²) in [4.78, 5) is 19.4. The number of nitrogens with zero attached hydrogens (tertiary/aromatic N) is 3. The Morgan fingerprint density at radius 3 is 2.56 bits per heavy atom. The van der Waals surface area contributed by atoms with Crippen LogP contribution in [0.3, 0.4) is 0 Å². The molecule has 0 radical (unpaired) electrons. The Hall–Kier alpha value is -1.82. The zero-order valence-electron chi connectivity index (χ0n) is 14.7. The van der Waals surface area contributed by atoms with Crippen molar-refractivity contribution in [2.75, 3.05) is 18.0 Å². The molecule has 1 amide bonds. The van der Waals surface area contributed by atoms with Crippen molar-refractivity contribution >= 4 is 35.0 Å². The highest BCUT2D eigenvalue weighted by molar-refractivity contribution is 6.33. The van der Waals surface area contributed by atoms with Gasteiger partial charge in [-0.05, 0) is 42.4 Å². The highest BCUT2D eigenvalue weighted by atomic mass is 35.5. The van der Waals surface area contributed by atoms with Crippen molar-refractivity contribution in [2.24, 2.45) is 11.8 Å². The number of rotatable bonds is 5. The van der Waals surface area contributed by atoms with Crippen molar-refractivity contribution < 1.29 is 9.90 Å². The number of anilines is 1. The summed E-state index contributed by atoms with van der Waals surface area (Å²) in [6.07, 6.45) is 0.995. The molecule has 27 heavy (non-hydrogen) atoms. The van der Waals surface area contributed by atoms with Gasteiger partial charge in [0.1, 0.15) is 16.4 Å². The van der Waals surface area contributed by atoms with Gasteiger partial charge in [0.25, 0.3) is 0 Å². The van der Waals surface area contributed by atoms with Gasteiger partial charge in [-0.15, -0.1) is 0 Å². The Labute approximate surface area is 168 Å². The lowest BCUT2D eigenvalue weighted by atomic mass is 9.97. The fraction of sp³-hybridized carbons (Fsp3) is 0.400. The molecule has 1 aliphatic heterocycles. The molecule has 5 nitrogen and oxygen atoms in total. The molecule has 1 aromatic heterocycles. The minimum atomic E-state index is -1.24. The van der Waals surface area contributed by atoms with Gasteiger partial charge in [-0.1, -0.05) is 53.5 Å². The lowest BCUT2D eigenvalue weighted by molar-refractivity contribution is -0.246. The second-order valence-corrected chi connectivity index (χ2v) is 8.11. The van der Waals surface area contributed by atoms with Crippen LogP contribution in [0.2, 0.25) is 10.3 Å². The van der Waals surface area contributed by atoms with Crippen LogP contribution in [0.25, 0.3) is 0 Å². The van der Waals surface area contributed by atoms with Crippen LogP contribution in [0.4, 0.5) is 10.5 Å². The average molecular weight is 405 g/mol. The molecule has 1 aromatic carbocycles. The lowest BCUT2D eigenvalue weighted by Crippen LogP contribution is -2.46. The van der Waals surface area contributed by atoms with Crippen molar-refractivity contribution in [3.8, 4) is 0 Å². The zero-order valence-corrected chi connectivity index (χ0v) is 16.2. The Bertz CT molecular complexity index is 813. The number of halogens is 2. The van der Waals surface area contributed by atoms with Gasteiger partial charge in [0.05, 0.1) is 0 Å². The van der Waals surface area contributed by atoms with Gasteiger partial charge in [0.15, 0.2) is 0 Å². The van der Waals surface area contributed by atoms with Crippen LogP contribution in [0.5, 0.6) is 0 Å². The first-order valence-corrected chi connectivity index (χ1v) is 9.86. The summed E-state index contributed by atoms with van der Waals surface area (Å²) >= 11 is 11.9. The highest BCUT2D eigenvalue weighted by Gasteiger charge is 2.47. The molecule has 2 aliphatic rings. The maximum atomic E-state index is 11.8. The summed E-state index contributed by atoms with van der Waals surface area (Å²) < 4.78 is 0. The van der Waals surface area contributed by atoms with Crippen LogP contribution in [0.15, 0.2) is 42.5 Å². The molecule has 7 heteroatoms. The molecule has 2 fully saturated rings. The Morgan fingerprint density at radius 1 is 1.19 bits per heavy atom. The number of hydrogen-bond acceptors (Lipinski definition) is 4. The van der Waals surface area contributed by atoms with E-state index in [9.17, 15) is 9.90 Å². The van der Waals surface area contributed by atoms with Crippen molar-refractivity contribution in [2.45, 2.75) is 25.4 Å². The minimum Gasteiger partial charge on any atom is -0.530 e. The van der Waals surface area contributed by atoms with Gasteiger partial charge in [-0.2, -0.15) is 0 Å². The maximum Gasteiger partial charge on any atom is 0.141 e. The van der Waals surface area contributed by atoms with E-state index >= 15 is 0 Å². The smallest absolute Gasteiger partial charge is 0.141 e. The second kappa shape index (κ2) is 7.66. The molecule has 2 aromatic rings. The van der Waals surface area contributed by atoms with Crippen molar-refractivity contribution in [1.82, 2.24) is 9.88 Å². The first-order chi connectivity index (χ1) is 13.0. The molecular formula is C20H20Cl2N3O2-. The van der Waals surface area contributed by atoms with Crippen LogP contribution in [0.1, 0.15) is 18.4 Å². The standard InChI is InChI=1S/C20H21Cl2N3O2/c21-18-8-15(9-19(22)23-18)25(20(26)27)12-16-14-6-7-17(16)24(11-14)10-13-4-2-1-3-5-13/h1-5,8-9,14,16-17H,6-7,10-12H2,(H,26,27)/p-1. The zero-order chi connectivity index (χ0) is 19.0. The average Bonchev–Trinajstić information content (AvgIpc) is 3.15. The van der Waals surface area contributed by atoms with Gasteiger partial charge in [-0.3, -0.25) is 4.90 Å². The van der Waals surface area contributed by atoms with E-state index in [-0.39, 0.29) is 16.2 Å². The van der Waals surface area contributed by atoms with Gasteiger partial charge in [0, 0.05) is 31.4 Å². The maximum absolute atomic E-state index is 11.8. The molecule has 1 saturated heterocycles. The van der Waals surface area contributed by atoms with Gasteiger partial charge in [-0.25, -0.2) is 4.98 Å². The molecule has 1 saturated carbocycles. The summed E-state index contributed by atoms with van der Waals surface area (Å²) in [6.45, 7) is 2.29. The third kappa shape index (κ3) is 3.91. The van der Waals surface area contributed by atoms with E-state index < -0.39 is 6.09 Å². The van der Waals surface area contributed by atoms with Crippen LogP contribution in [0, 0.1) is 11.8 Å². The number of pyridine rings is 1. The van der Waals surface area contributed by atoms with Crippen LogP contribution in [-0.4, -0.2) is 35.1 Å². The fourth-order valence-corrected chi connectivity index (χ4v) is 5.07. The third-order valence-electron chi connectivity index (χ3n) is 5.77. The summed E-state index contributed by atoms with van der Waals surface area (Å²) in [6, 6.07) is 13.8. The Balaban J connectivity index is 1.51. The summed E-state index contributed by atoms with van der Waals surface area (Å²) in [5.41, 5.74) is 1.70. The van der Waals surface area contributed by atoms with E-state index in [1.54, 1.807) is 0 Å². The number of benzene rings is 1. The molecular weight excluding hydrogens is 385 g/mol. The third-order valence-corrected chi connectivity index (χ3v) is 6.16. The summed E-state index contributed by atoms with van der Waals surface area (Å²) in [5.74, 6) is 0.769. The van der Waals surface area contributed by atoms with Crippen LogP contribution >= 0.6 is 23.2 Å². The molecule has 2 heterocycles. The molecule has 0 spiro atoms. The van der Waals surface area contributed by atoms with E-state index in [2.05, 4.69) is 34.1 Å². The van der Waals surface area contributed by atoms with Crippen LogP contribution < -0.4 is 10.0 Å².